The average Bonchev–Trinajstić information content (AvgIpc) is 2.37. The van der Waals surface area contributed by atoms with Crippen LogP contribution in [0.15, 0.2) is 12.1 Å². The first kappa shape index (κ1) is 16.1. The second-order valence-electron chi connectivity index (χ2n) is 5.07. The lowest BCUT2D eigenvalue weighted by Crippen LogP contribution is -2.17. The van der Waals surface area contributed by atoms with Gasteiger partial charge in [0, 0.05) is 0 Å². The van der Waals surface area contributed by atoms with Gasteiger partial charge in [0.1, 0.15) is 0 Å². The number of ether oxygens (including phenoxy) is 3. The summed E-state index contributed by atoms with van der Waals surface area (Å²) in [6.45, 7) is 5.99. The average molecular weight is 282 g/mol. The minimum atomic E-state index is -0.463. The smallest absolute Gasteiger partial charge is 0.338 e. The number of phenolic OH excluding ortho intramolecular Hbond substituents is 1. The summed E-state index contributed by atoms with van der Waals surface area (Å²) in [5, 5.41) is 9.79. The SMILES string of the molecule is COc1cc(C(=O)O[C@@H](C)CC(C)C)cc(OC)c1O. The van der Waals surface area contributed by atoms with Gasteiger partial charge in [-0.15, -0.1) is 0 Å². The zero-order valence-electron chi connectivity index (χ0n) is 12.6. The number of rotatable bonds is 6. The Hall–Kier alpha value is -1.91. The molecule has 1 aromatic carbocycles. The van der Waals surface area contributed by atoms with E-state index in [1.54, 1.807) is 0 Å². The molecule has 1 rings (SSSR count). The molecule has 0 aromatic heterocycles. The van der Waals surface area contributed by atoms with E-state index >= 15 is 0 Å². The monoisotopic (exact) mass is 282 g/mol. The van der Waals surface area contributed by atoms with E-state index in [-0.39, 0.29) is 28.9 Å². The van der Waals surface area contributed by atoms with Crippen molar-refractivity contribution in [3.8, 4) is 17.2 Å². The van der Waals surface area contributed by atoms with Crippen LogP contribution in [-0.4, -0.2) is 31.4 Å². The Morgan fingerprint density at radius 1 is 1.15 bits per heavy atom. The van der Waals surface area contributed by atoms with Crippen molar-refractivity contribution in [1.82, 2.24) is 0 Å². The molecule has 20 heavy (non-hydrogen) atoms. The molecule has 0 unspecified atom stereocenters. The molecule has 0 fully saturated rings. The Bertz CT molecular complexity index is 442. The molecule has 1 N–H and O–H groups in total. The van der Waals surface area contributed by atoms with Gasteiger partial charge in [-0.1, -0.05) is 13.8 Å². The zero-order valence-corrected chi connectivity index (χ0v) is 12.6. The van der Waals surface area contributed by atoms with E-state index in [9.17, 15) is 9.90 Å². The van der Waals surface area contributed by atoms with Gasteiger partial charge in [-0.3, -0.25) is 0 Å². The molecule has 1 atom stereocenters. The van der Waals surface area contributed by atoms with E-state index < -0.39 is 5.97 Å². The lowest BCUT2D eigenvalue weighted by molar-refractivity contribution is 0.0299. The van der Waals surface area contributed by atoms with Crippen molar-refractivity contribution in [2.45, 2.75) is 33.3 Å². The van der Waals surface area contributed by atoms with E-state index in [2.05, 4.69) is 13.8 Å². The lowest BCUT2D eigenvalue weighted by atomic mass is 10.1. The highest BCUT2D eigenvalue weighted by molar-refractivity contribution is 5.91. The molecule has 0 saturated carbocycles. The van der Waals surface area contributed by atoms with E-state index in [1.165, 1.54) is 26.4 Å². The maximum atomic E-state index is 12.1. The summed E-state index contributed by atoms with van der Waals surface area (Å²) >= 11 is 0. The fourth-order valence-corrected chi connectivity index (χ4v) is 1.97. The molecular formula is C15H22O5. The Morgan fingerprint density at radius 2 is 1.65 bits per heavy atom. The Balaban J connectivity index is 2.93. The molecule has 0 aliphatic rings. The molecule has 0 heterocycles. The second kappa shape index (κ2) is 7.03. The van der Waals surface area contributed by atoms with Crippen LogP contribution in [0.5, 0.6) is 17.2 Å². The predicted octanol–water partition coefficient (Wildman–Crippen LogP) is 3.00. The van der Waals surface area contributed by atoms with Crippen molar-refractivity contribution in [3.05, 3.63) is 17.7 Å². The molecule has 0 bridgehead atoms. The lowest BCUT2D eigenvalue weighted by Gasteiger charge is -2.16. The molecule has 5 nitrogen and oxygen atoms in total. The van der Waals surface area contributed by atoms with Crippen molar-refractivity contribution >= 4 is 5.97 Å². The minimum Gasteiger partial charge on any atom is -0.502 e. The number of aromatic hydroxyl groups is 1. The summed E-state index contributed by atoms with van der Waals surface area (Å²) in [6.07, 6.45) is 0.617. The number of hydrogen-bond donors (Lipinski definition) is 1. The van der Waals surface area contributed by atoms with Gasteiger partial charge in [-0.05, 0) is 31.4 Å². The first-order chi connectivity index (χ1) is 9.38. The topological polar surface area (TPSA) is 65.0 Å². The molecule has 0 saturated heterocycles. The van der Waals surface area contributed by atoms with Crippen molar-refractivity contribution in [3.63, 3.8) is 0 Å². The van der Waals surface area contributed by atoms with E-state index in [0.717, 1.165) is 6.42 Å². The molecular weight excluding hydrogens is 260 g/mol. The molecule has 0 amide bonds. The molecule has 5 heteroatoms. The number of phenols is 1. The maximum absolute atomic E-state index is 12.1. The fraction of sp³-hybridized carbons (Fsp3) is 0.533. The summed E-state index contributed by atoms with van der Waals surface area (Å²) in [7, 11) is 2.82. The summed E-state index contributed by atoms with van der Waals surface area (Å²) in [4.78, 5) is 12.1. The van der Waals surface area contributed by atoms with Gasteiger partial charge in [0.15, 0.2) is 11.5 Å². The molecule has 1 aromatic rings. The minimum absolute atomic E-state index is 0.137. The van der Waals surface area contributed by atoms with Crippen LogP contribution in [0.4, 0.5) is 0 Å². The normalized spacial score (nSPS) is 12.1. The molecule has 112 valence electrons. The Kier molecular flexibility index (Phi) is 5.67. The van der Waals surface area contributed by atoms with Crippen molar-refractivity contribution < 1.29 is 24.1 Å². The van der Waals surface area contributed by atoms with Crippen LogP contribution in [0.2, 0.25) is 0 Å². The van der Waals surface area contributed by atoms with Crippen LogP contribution < -0.4 is 9.47 Å². The molecule has 0 spiro atoms. The van der Waals surface area contributed by atoms with Crippen molar-refractivity contribution in [2.24, 2.45) is 5.92 Å². The highest BCUT2D eigenvalue weighted by Crippen LogP contribution is 2.37. The quantitative estimate of drug-likeness (QED) is 0.812. The number of hydrogen-bond acceptors (Lipinski definition) is 5. The largest absolute Gasteiger partial charge is 0.502 e. The van der Waals surface area contributed by atoms with E-state index in [0.29, 0.717) is 5.92 Å². The van der Waals surface area contributed by atoms with Gasteiger partial charge < -0.3 is 19.3 Å². The van der Waals surface area contributed by atoms with Crippen LogP contribution in [0.3, 0.4) is 0 Å². The number of benzene rings is 1. The number of esters is 1. The van der Waals surface area contributed by atoms with Crippen LogP contribution >= 0.6 is 0 Å². The van der Waals surface area contributed by atoms with Gasteiger partial charge in [-0.25, -0.2) is 4.79 Å². The predicted molar refractivity (Wildman–Crippen MR) is 75.5 cm³/mol. The van der Waals surface area contributed by atoms with E-state index in [1.807, 2.05) is 6.92 Å². The Labute approximate surface area is 119 Å². The van der Waals surface area contributed by atoms with Crippen molar-refractivity contribution in [2.75, 3.05) is 14.2 Å². The highest BCUT2D eigenvalue weighted by atomic mass is 16.5. The van der Waals surface area contributed by atoms with Gasteiger partial charge in [-0.2, -0.15) is 0 Å². The molecule has 0 aliphatic heterocycles. The first-order valence-electron chi connectivity index (χ1n) is 6.55. The third kappa shape index (κ3) is 4.05. The van der Waals surface area contributed by atoms with Gasteiger partial charge in [0.2, 0.25) is 5.75 Å². The highest BCUT2D eigenvalue weighted by Gasteiger charge is 2.18. The first-order valence-corrected chi connectivity index (χ1v) is 6.55. The number of methoxy groups -OCH3 is 2. The van der Waals surface area contributed by atoms with Crippen LogP contribution in [-0.2, 0) is 4.74 Å². The third-order valence-corrected chi connectivity index (χ3v) is 2.83. The third-order valence-electron chi connectivity index (χ3n) is 2.83. The van der Waals surface area contributed by atoms with E-state index in [4.69, 9.17) is 14.2 Å². The summed E-state index contributed by atoms with van der Waals surface area (Å²) in [5.41, 5.74) is 0.284. The number of carbonyl (C=O) groups is 1. The fourth-order valence-electron chi connectivity index (χ4n) is 1.97. The second-order valence-corrected chi connectivity index (χ2v) is 5.07. The van der Waals surface area contributed by atoms with Crippen LogP contribution in [0, 0.1) is 5.92 Å². The van der Waals surface area contributed by atoms with Crippen LogP contribution in [0.25, 0.3) is 0 Å². The Morgan fingerprint density at radius 3 is 2.05 bits per heavy atom. The summed E-state index contributed by atoms with van der Waals surface area (Å²) in [5.74, 6) is 0.193. The molecule has 0 radical (unpaired) electrons. The van der Waals surface area contributed by atoms with Gasteiger partial charge in [0.25, 0.3) is 0 Å². The maximum Gasteiger partial charge on any atom is 0.338 e. The zero-order chi connectivity index (χ0) is 15.3. The van der Waals surface area contributed by atoms with Gasteiger partial charge in [0.05, 0.1) is 25.9 Å². The summed E-state index contributed by atoms with van der Waals surface area (Å²) < 4.78 is 15.4. The summed E-state index contributed by atoms with van der Waals surface area (Å²) in [6, 6.07) is 2.87. The van der Waals surface area contributed by atoms with Crippen LogP contribution in [0.1, 0.15) is 37.6 Å². The standard InChI is InChI=1S/C15H22O5/c1-9(2)6-10(3)20-15(17)11-7-12(18-4)14(16)13(8-11)19-5/h7-10,16H,6H2,1-5H3/t10-/m0/s1. The number of carbonyl (C=O) groups excluding carboxylic acids is 1. The van der Waals surface area contributed by atoms with Crippen molar-refractivity contribution in [1.29, 1.82) is 0 Å². The molecule has 0 aliphatic carbocycles. The van der Waals surface area contributed by atoms with Gasteiger partial charge >= 0.3 is 5.97 Å².